The van der Waals surface area contributed by atoms with E-state index in [1.807, 2.05) is 12.1 Å². The fourth-order valence-electron chi connectivity index (χ4n) is 6.43. The van der Waals surface area contributed by atoms with Gasteiger partial charge in [-0.15, -0.1) is 0 Å². The molecule has 2 aliphatic rings. The summed E-state index contributed by atoms with van der Waals surface area (Å²) in [5.41, 5.74) is 2.49. The van der Waals surface area contributed by atoms with Gasteiger partial charge in [0.15, 0.2) is 0 Å². The average Bonchev–Trinajstić information content (AvgIpc) is 2.72. The van der Waals surface area contributed by atoms with Crippen LogP contribution in [-0.2, 0) is 5.60 Å². The monoisotopic (exact) mass is 404 g/mol. The molecule has 2 saturated carbocycles. The van der Waals surface area contributed by atoms with Gasteiger partial charge in [0.1, 0.15) is 0 Å². The molecule has 0 saturated heterocycles. The fraction of sp³-hybridized carbons (Fsp3) is 0.407. The summed E-state index contributed by atoms with van der Waals surface area (Å²) in [6.07, 6.45) is 4.62. The molecule has 3 aromatic rings. The van der Waals surface area contributed by atoms with Gasteiger partial charge in [-0.3, -0.25) is 0 Å². The molecule has 29 heavy (non-hydrogen) atoms. The molecule has 3 aromatic carbocycles. The van der Waals surface area contributed by atoms with Gasteiger partial charge in [0.2, 0.25) is 0 Å². The van der Waals surface area contributed by atoms with Crippen LogP contribution in [0.4, 0.5) is 0 Å². The van der Waals surface area contributed by atoms with E-state index < -0.39 is 5.60 Å². The zero-order chi connectivity index (χ0) is 20.2. The second-order valence-corrected chi connectivity index (χ2v) is 9.94. The third-order valence-corrected chi connectivity index (χ3v) is 7.90. The summed E-state index contributed by atoms with van der Waals surface area (Å²) in [6.45, 7) is 4.59. The Kier molecular flexibility index (Phi) is 4.72. The summed E-state index contributed by atoms with van der Waals surface area (Å²) in [6, 6.07) is 20.9. The SMILES string of the molecule is CC1CC2CC(C)C(O)(c3cc(Cl)c4ccccc4c3-c3ccccc3)C(C1)C2. The lowest BCUT2D eigenvalue weighted by Crippen LogP contribution is -2.49. The maximum atomic E-state index is 12.4. The lowest BCUT2D eigenvalue weighted by molar-refractivity contribution is -0.132. The Morgan fingerprint density at radius 1 is 0.862 bits per heavy atom. The molecule has 1 N–H and O–H groups in total. The molecule has 0 radical (unpaired) electrons. The highest BCUT2D eigenvalue weighted by Crippen LogP contribution is 2.57. The molecule has 0 aromatic heterocycles. The molecule has 2 bridgehead atoms. The maximum absolute atomic E-state index is 12.4. The van der Waals surface area contributed by atoms with Gasteiger partial charge in [-0.2, -0.15) is 0 Å². The first-order chi connectivity index (χ1) is 14.0. The van der Waals surface area contributed by atoms with Gasteiger partial charge in [0.25, 0.3) is 0 Å². The first kappa shape index (κ1) is 19.2. The van der Waals surface area contributed by atoms with Crippen LogP contribution in [0.5, 0.6) is 0 Å². The van der Waals surface area contributed by atoms with Crippen molar-refractivity contribution < 1.29 is 5.11 Å². The molecule has 0 aliphatic heterocycles. The Bertz CT molecular complexity index is 1040. The van der Waals surface area contributed by atoms with Crippen LogP contribution in [0.15, 0.2) is 60.7 Å². The molecule has 1 nitrogen and oxygen atoms in total. The predicted octanol–water partition coefficient (Wildman–Crippen LogP) is 7.44. The minimum absolute atomic E-state index is 0.221. The zero-order valence-corrected chi connectivity index (χ0v) is 18.0. The van der Waals surface area contributed by atoms with Gasteiger partial charge in [-0.1, -0.05) is 80.0 Å². The quantitative estimate of drug-likeness (QED) is 0.470. The molecule has 0 amide bonds. The second kappa shape index (κ2) is 7.15. The second-order valence-electron chi connectivity index (χ2n) is 9.53. The number of hydrogen-bond acceptors (Lipinski definition) is 1. The van der Waals surface area contributed by atoms with Crippen molar-refractivity contribution in [3.05, 3.63) is 71.2 Å². The van der Waals surface area contributed by atoms with E-state index in [9.17, 15) is 5.11 Å². The fourth-order valence-corrected chi connectivity index (χ4v) is 6.70. The van der Waals surface area contributed by atoms with Crippen LogP contribution >= 0.6 is 11.6 Å². The normalized spacial score (nSPS) is 31.7. The van der Waals surface area contributed by atoms with E-state index in [4.69, 9.17) is 11.6 Å². The first-order valence-corrected chi connectivity index (χ1v) is 11.4. The van der Waals surface area contributed by atoms with Crippen molar-refractivity contribution in [2.75, 3.05) is 0 Å². The summed E-state index contributed by atoms with van der Waals surface area (Å²) in [7, 11) is 0. The summed E-state index contributed by atoms with van der Waals surface area (Å²) < 4.78 is 0. The smallest absolute Gasteiger partial charge is 0.0956 e. The molecule has 0 heterocycles. The van der Waals surface area contributed by atoms with E-state index >= 15 is 0 Å². The molecule has 2 fully saturated rings. The third kappa shape index (κ3) is 3.02. The minimum Gasteiger partial charge on any atom is -0.385 e. The van der Waals surface area contributed by atoms with Crippen LogP contribution in [0.3, 0.4) is 0 Å². The zero-order valence-electron chi connectivity index (χ0n) is 17.2. The molecular weight excluding hydrogens is 376 g/mol. The number of aliphatic hydroxyl groups is 1. The van der Waals surface area contributed by atoms with Crippen molar-refractivity contribution in [1.82, 2.24) is 0 Å². The Hall–Kier alpha value is -1.83. The van der Waals surface area contributed by atoms with Crippen molar-refractivity contribution >= 4 is 22.4 Å². The Morgan fingerprint density at radius 2 is 1.55 bits per heavy atom. The van der Waals surface area contributed by atoms with Crippen LogP contribution in [0.25, 0.3) is 21.9 Å². The summed E-state index contributed by atoms with van der Waals surface area (Å²) >= 11 is 6.80. The van der Waals surface area contributed by atoms with Gasteiger partial charge >= 0.3 is 0 Å². The van der Waals surface area contributed by atoms with Crippen LogP contribution in [0.2, 0.25) is 5.02 Å². The first-order valence-electron chi connectivity index (χ1n) is 11.0. The van der Waals surface area contributed by atoms with Gasteiger partial charge in [0, 0.05) is 10.4 Å². The van der Waals surface area contributed by atoms with E-state index in [0.29, 0.717) is 11.8 Å². The van der Waals surface area contributed by atoms with Crippen molar-refractivity contribution in [2.45, 2.75) is 45.1 Å². The van der Waals surface area contributed by atoms with Crippen LogP contribution in [0.1, 0.15) is 45.1 Å². The van der Waals surface area contributed by atoms with Gasteiger partial charge < -0.3 is 5.11 Å². The number of hydrogen-bond donors (Lipinski definition) is 1. The number of halogens is 1. The summed E-state index contributed by atoms with van der Waals surface area (Å²) in [5.74, 6) is 1.93. The summed E-state index contributed by atoms with van der Waals surface area (Å²) in [5, 5.41) is 15.3. The van der Waals surface area contributed by atoms with Crippen molar-refractivity contribution in [3.8, 4) is 11.1 Å². The third-order valence-electron chi connectivity index (χ3n) is 7.59. The molecule has 5 atom stereocenters. The topological polar surface area (TPSA) is 20.2 Å². The number of benzene rings is 3. The molecule has 150 valence electrons. The standard InChI is InChI=1S/C27H29ClO/c1-17-12-19-14-18(2)27(29,21(13-17)15-19)24-16-25(28)22-10-6-7-11-23(22)26(24)20-8-4-3-5-9-20/h3-11,16-19,21,29H,12-15H2,1-2H3. The number of rotatable bonds is 2. The van der Waals surface area contributed by atoms with E-state index in [1.165, 1.54) is 6.42 Å². The van der Waals surface area contributed by atoms with E-state index in [1.54, 1.807) is 0 Å². The van der Waals surface area contributed by atoms with E-state index in [-0.39, 0.29) is 5.92 Å². The molecule has 5 unspecified atom stereocenters. The highest BCUT2D eigenvalue weighted by atomic mass is 35.5. The lowest BCUT2D eigenvalue weighted by Gasteiger charge is -2.52. The predicted molar refractivity (Wildman–Crippen MR) is 122 cm³/mol. The largest absolute Gasteiger partial charge is 0.385 e. The van der Waals surface area contributed by atoms with Crippen LogP contribution in [0, 0.1) is 23.7 Å². The van der Waals surface area contributed by atoms with E-state index in [2.05, 4.69) is 62.4 Å². The van der Waals surface area contributed by atoms with Gasteiger partial charge in [0.05, 0.1) is 5.60 Å². The minimum atomic E-state index is -0.843. The van der Waals surface area contributed by atoms with Crippen LogP contribution in [-0.4, -0.2) is 5.11 Å². The lowest BCUT2D eigenvalue weighted by atomic mass is 9.55. The van der Waals surface area contributed by atoms with Crippen LogP contribution < -0.4 is 0 Å². The molecule has 2 heteroatoms. The van der Waals surface area contributed by atoms with Crippen molar-refractivity contribution in [1.29, 1.82) is 0 Å². The molecule has 5 rings (SSSR count). The maximum Gasteiger partial charge on any atom is 0.0956 e. The van der Waals surface area contributed by atoms with E-state index in [0.717, 1.165) is 57.7 Å². The number of fused-ring (bicyclic) bond motifs is 3. The van der Waals surface area contributed by atoms with Crippen molar-refractivity contribution in [3.63, 3.8) is 0 Å². The highest BCUT2D eigenvalue weighted by Gasteiger charge is 2.51. The highest BCUT2D eigenvalue weighted by molar-refractivity contribution is 6.36. The van der Waals surface area contributed by atoms with Crippen molar-refractivity contribution in [2.24, 2.45) is 23.7 Å². The van der Waals surface area contributed by atoms with Gasteiger partial charge in [-0.05, 0) is 77.5 Å². The molecular formula is C27H29ClO. The molecule has 2 aliphatic carbocycles. The summed E-state index contributed by atoms with van der Waals surface area (Å²) in [4.78, 5) is 0. The Balaban J connectivity index is 1.80. The molecule has 0 spiro atoms. The Morgan fingerprint density at radius 3 is 2.31 bits per heavy atom. The van der Waals surface area contributed by atoms with Gasteiger partial charge in [-0.25, -0.2) is 0 Å². The Labute approximate surface area is 178 Å². The average molecular weight is 405 g/mol.